The summed E-state index contributed by atoms with van der Waals surface area (Å²) >= 11 is 0. The molecule has 2 N–H and O–H groups in total. The van der Waals surface area contributed by atoms with Gasteiger partial charge in [0.15, 0.2) is 0 Å². The number of nitrogens with one attached hydrogen (secondary N) is 2. The maximum atomic E-state index is 11.8. The molecule has 2 atom stereocenters. The highest BCUT2D eigenvalue weighted by atomic mass is 16.2. The van der Waals surface area contributed by atoms with Crippen LogP contribution in [0.5, 0.6) is 0 Å². The fourth-order valence-corrected chi connectivity index (χ4v) is 2.12. The lowest BCUT2D eigenvalue weighted by atomic mass is 9.94. The Morgan fingerprint density at radius 1 is 1.53 bits per heavy atom. The van der Waals surface area contributed by atoms with E-state index in [1.807, 2.05) is 0 Å². The van der Waals surface area contributed by atoms with Crippen LogP contribution in [-0.4, -0.2) is 25.0 Å². The van der Waals surface area contributed by atoms with Crippen molar-refractivity contribution >= 4 is 5.91 Å². The lowest BCUT2D eigenvalue weighted by Crippen LogP contribution is -2.49. The van der Waals surface area contributed by atoms with Crippen molar-refractivity contribution < 1.29 is 4.79 Å². The lowest BCUT2D eigenvalue weighted by Gasteiger charge is -2.27. The minimum Gasteiger partial charge on any atom is -0.354 e. The molecule has 15 heavy (non-hydrogen) atoms. The van der Waals surface area contributed by atoms with Gasteiger partial charge in [-0.05, 0) is 43.6 Å². The first-order chi connectivity index (χ1) is 7.09. The summed E-state index contributed by atoms with van der Waals surface area (Å²) in [5.74, 6) is 0.883. The Bertz CT molecular complexity index is 248. The summed E-state index contributed by atoms with van der Waals surface area (Å²) in [6, 6.07) is 0.0519. The van der Waals surface area contributed by atoms with Crippen molar-refractivity contribution in [2.75, 3.05) is 13.1 Å². The van der Waals surface area contributed by atoms with Crippen molar-refractivity contribution in [3.63, 3.8) is 0 Å². The SMILES string of the molecule is CC1CCNC(C(=O)NCC2(C)CC2)C1. The molecule has 0 radical (unpaired) electrons. The molecule has 0 aromatic heterocycles. The molecular weight excluding hydrogens is 188 g/mol. The Labute approximate surface area is 92.0 Å². The molecule has 1 amide bonds. The number of carbonyl (C=O) groups is 1. The average molecular weight is 210 g/mol. The van der Waals surface area contributed by atoms with Gasteiger partial charge < -0.3 is 10.6 Å². The van der Waals surface area contributed by atoms with Crippen LogP contribution in [0.1, 0.15) is 39.5 Å². The molecular formula is C12H22N2O. The second-order valence-electron chi connectivity index (χ2n) is 5.66. The Kier molecular flexibility index (Phi) is 3.01. The molecule has 0 aromatic carbocycles. The highest BCUT2D eigenvalue weighted by Crippen LogP contribution is 2.44. The van der Waals surface area contributed by atoms with Crippen LogP contribution in [0.15, 0.2) is 0 Å². The van der Waals surface area contributed by atoms with E-state index in [0.29, 0.717) is 11.3 Å². The van der Waals surface area contributed by atoms with Crippen molar-refractivity contribution in [1.29, 1.82) is 0 Å². The monoisotopic (exact) mass is 210 g/mol. The van der Waals surface area contributed by atoms with Gasteiger partial charge in [-0.15, -0.1) is 0 Å². The van der Waals surface area contributed by atoms with E-state index < -0.39 is 0 Å². The van der Waals surface area contributed by atoms with Gasteiger partial charge in [-0.1, -0.05) is 13.8 Å². The van der Waals surface area contributed by atoms with Gasteiger partial charge in [-0.3, -0.25) is 4.79 Å². The summed E-state index contributed by atoms with van der Waals surface area (Å²) in [7, 11) is 0. The van der Waals surface area contributed by atoms with Crippen molar-refractivity contribution in [3.8, 4) is 0 Å². The van der Waals surface area contributed by atoms with Crippen LogP contribution in [-0.2, 0) is 4.79 Å². The first-order valence-corrected chi connectivity index (χ1v) is 6.10. The topological polar surface area (TPSA) is 41.1 Å². The fourth-order valence-electron chi connectivity index (χ4n) is 2.12. The number of rotatable bonds is 3. The van der Waals surface area contributed by atoms with Crippen LogP contribution in [0.3, 0.4) is 0 Å². The molecule has 2 aliphatic rings. The molecule has 3 heteroatoms. The Morgan fingerprint density at radius 2 is 2.27 bits per heavy atom. The minimum absolute atomic E-state index is 0.0519. The Morgan fingerprint density at radius 3 is 2.87 bits per heavy atom. The summed E-state index contributed by atoms with van der Waals surface area (Å²) < 4.78 is 0. The van der Waals surface area contributed by atoms with Gasteiger partial charge >= 0.3 is 0 Å². The predicted octanol–water partition coefficient (Wildman–Crippen LogP) is 1.29. The largest absolute Gasteiger partial charge is 0.354 e. The molecule has 1 aliphatic carbocycles. The van der Waals surface area contributed by atoms with Crippen molar-refractivity contribution in [3.05, 3.63) is 0 Å². The number of amides is 1. The second kappa shape index (κ2) is 4.12. The summed E-state index contributed by atoms with van der Waals surface area (Å²) in [5.41, 5.74) is 0.413. The molecule has 0 bridgehead atoms. The van der Waals surface area contributed by atoms with Gasteiger partial charge in [0.1, 0.15) is 0 Å². The Balaban J connectivity index is 1.74. The molecule has 1 saturated carbocycles. The third-order valence-electron chi connectivity index (χ3n) is 3.78. The van der Waals surface area contributed by atoms with Crippen LogP contribution in [0.4, 0.5) is 0 Å². The van der Waals surface area contributed by atoms with Crippen molar-refractivity contribution in [2.45, 2.75) is 45.6 Å². The van der Waals surface area contributed by atoms with E-state index in [1.54, 1.807) is 0 Å². The molecule has 2 rings (SSSR count). The third-order valence-corrected chi connectivity index (χ3v) is 3.78. The van der Waals surface area contributed by atoms with Gasteiger partial charge in [-0.2, -0.15) is 0 Å². The summed E-state index contributed by atoms with van der Waals surface area (Å²) in [5, 5.41) is 6.37. The number of carbonyl (C=O) groups excluding carboxylic acids is 1. The summed E-state index contributed by atoms with van der Waals surface area (Å²) in [4.78, 5) is 11.8. The van der Waals surface area contributed by atoms with E-state index >= 15 is 0 Å². The van der Waals surface area contributed by atoms with Gasteiger partial charge in [-0.25, -0.2) is 0 Å². The van der Waals surface area contributed by atoms with E-state index in [-0.39, 0.29) is 11.9 Å². The second-order valence-corrected chi connectivity index (χ2v) is 5.66. The lowest BCUT2D eigenvalue weighted by molar-refractivity contribution is -0.124. The smallest absolute Gasteiger partial charge is 0.237 e. The average Bonchev–Trinajstić information content (AvgIpc) is 2.94. The molecule has 2 unspecified atom stereocenters. The minimum atomic E-state index is 0.0519. The van der Waals surface area contributed by atoms with Crippen LogP contribution in [0.25, 0.3) is 0 Å². The number of hydrogen-bond donors (Lipinski definition) is 2. The molecule has 1 aliphatic heterocycles. The van der Waals surface area contributed by atoms with Gasteiger partial charge in [0.2, 0.25) is 5.91 Å². The quantitative estimate of drug-likeness (QED) is 0.737. The zero-order chi connectivity index (χ0) is 10.9. The first kappa shape index (κ1) is 10.9. The summed E-state index contributed by atoms with van der Waals surface area (Å²) in [6.07, 6.45) is 4.72. The molecule has 0 spiro atoms. The zero-order valence-electron chi connectivity index (χ0n) is 9.81. The number of hydrogen-bond acceptors (Lipinski definition) is 2. The van der Waals surface area contributed by atoms with Crippen LogP contribution in [0.2, 0.25) is 0 Å². The van der Waals surface area contributed by atoms with E-state index in [2.05, 4.69) is 24.5 Å². The molecule has 86 valence electrons. The van der Waals surface area contributed by atoms with E-state index in [0.717, 1.165) is 19.5 Å². The maximum absolute atomic E-state index is 11.8. The van der Waals surface area contributed by atoms with E-state index in [4.69, 9.17) is 0 Å². The van der Waals surface area contributed by atoms with Crippen molar-refractivity contribution in [1.82, 2.24) is 10.6 Å². The molecule has 2 fully saturated rings. The summed E-state index contributed by atoms with van der Waals surface area (Å²) in [6.45, 7) is 6.31. The van der Waals surface area contributed by atoms with Crippen molar-refractivity contribution in [2.24, 2.45) is 11.3 Å². The predicted molar refractivity (Wildman–Crippen MR) is 60.5 cm³/mol. The molecule has 0 aromatic rings. The maximum Gasteiger partial charge on any atom is 0.237 e. The fraction of sp³-hybridized carbons (Fsp3) is 0.917. The molecule has 1 heterocycles. The van der Waals surface area contributed by atoms with Gasteiger partial charge in [0, 0.05) is 6.54 Å². The highest BCUT2D eigenvalue weighted by molar-refractivity contribution is 5.81. The zero-order valence-corrected chi connectivity index (χ0v) is 9.81. The standard InChI is InChI=1S/C12H22N2O/c1-9-3-6-13-10(7-9)11(15)14-8-12(2)4-5-12/h9-10,13H,3-8H2,1-2H3,(H,14,15). The van der Waals surface area contributed by atoms with Crippen LogP contribution in [0, 0.1) is 11.3 Å². The first-order valence-electron chi connectivity index (χ1n) is 6.10. The Hall–Kier alpha value is -0.570. The highest BCUT2D eigenvalue weighted by Gasteiger charge is 2.37. The normalized spacial score (nSPS) is 33.5. The van der Waals surface area contributed by atoms with Crippen LogP contribution < -0.4 is 10.6 Å². The van der Waals surface area contributed by atoms with E-state index in [9.17, 15) is 4.79 Å². The molecule has 3 nitrogen and oxygen atoms in total. The molecule has 1 saturated heterocycles. The third kappa shape index (κ3) is 2.94. The van der Waals surface area contributed by atoms with Gasteiger partial charge in [0.25, 0.3) is 0 Å². The van der Waals surface area contributed by atoms with E-state index in [1.165, 1.54) is 19.3 Å². The number of piperidine rings is 1. The van der Waals surface area contributed by atoms with Gasteiger partial charge in [0.05, 0.1) is 6.04 Å². The van der Waals surface area contributed by atoms with Crippen LogP contribution >= 0.6 is 0 Å².